The van der Waals surface area contributed by atoms with Crippen LogP contribution in [0.25, 0.3) is 0 Å². The summed E-state index contributed by atoms with van der Waals surface area (Å²) in [6.07, 6.45) is 2.81. The van der Waals surface area contributed by atoms with Gasteiger partial charge >= 0.3 is 0 Å². The van der Waals surface area contributed by atoms with Crippen LogP contribution in [0.15, 0.2) is 22.7 Å². The number of halogens is 2. The first-order valence-electron chi connectivity index (χ1n) is 5.26. The molecule has 1 aromatic rings. The molecular formula is C12H15Br2N. The lowest BCUT2D eigenvalue weighted by Crippen LogP contribution is -2.21. The molecule has 0 heterocycles. The molecule has 2 rings (SSSR count). The number of hydrogen-bond acceptors (Lipinski definition) is 1. The van der Waals surface area contributed by atoms with Gasteiger partial charge in [-0.3, -0.25) is 0 Å². The van der Waals surface area contributed by atoms with Gasteiger partial charge in [0, 0.05) is 29.1 Å². The van der Waals surface area contributed by atoms with E-state index in [0.29, 0.717) is 0 Å². The third-order valence-electron chi connectivity index (χ3n) is 2.83. The molecule has 15 heavy (non-hydrogen) atoms. The van der Waals surface area contributed by atoms with Crippen molar-refractivity contribution in [3.8, 4) is 0 Å². The molecule has 1 aliphatic carbocycles. The van der Waals surface area contributed by atoms with E-state index in [1.807, 2.05) is 0 Å². The molecule has 1 saturated carbocycles. The van der Waals surface area contributed by atoms with E-state index in [-0.39, 0.29) is 0 Å². The molecule has 1 fully saturated rings. The Hall–Kier alpha value is -0.0200. The average molecular weight is 333 g/mol. The molecule has 0 amide bonds. The Morgan fingerprint density at radius 2 is 2.13 bits per heavy atom. The molecule has 1 aromatic carbocycles. The molecular weight excluding hydrogens is 318 g/mol. The highest BCUT2D eigenvalue weighted by Gasteiger charge is 2.23. The second kappa shape index (κ2) is 4.88. The number of alkyl halides is 1. The van der Waals surface area contributed by atoms with Crippen molar-refractivity contribution < 1.29 is 0 Å². The van der Waals surface area contributed by atoms with Crippen molar-refractivity contribution >= 4 is 37.5 Å². The van der Waals surface area contributed by atoms with Crippen LogP contribution in [0, 0.1) is 5.92 Å². The number of anilines is 1. The van der Waals surface area contributed by atoms with E-state index >= 15 is 0 Å². The highest BCUT2D eigenvalue weighted by Crippen LogP contribution is 2.32. The highest BCUT2D eigenvalue weighted by atomic mass is 79.9. The summed E-state index contributed by atoms with van der Waals surface area (Å²) >= 11 is 7.06. The van der Waals surface area contributed by atoms with Gasteiger partial charge in [0.05, 0.1) is 0 Å². The first-order valence-corrected chi connectivity index (χ1v) is 7.17. The zero-order valence-electron chi connectivity index (χ0n) is 8.84. The fraction of sp³-hybridized carbons (Fsp3) is 0.500. The van der Waals surface area contributed by atoms with Crippen LogP contribution in [0.1, 0.15) is 18.4 Å². The van der Waals surface area contributed by atoms with Gasteiger partial charge in [-0.05, 0) is 42.5 Å². The lowest BCUT2D eigenvalue weighted by molar-refractivity contribution is 0.785. The Labute approximate surface area is 108 Å². The Kier molecular flexibility index (Phi) is 3.73. The van der Waals surface area contributed by atoms with E-state index in [4.69, 9.17) is 0 Å². The number of rotatable bonds is 4. The standard InChI is InChI=1S/C12H15Br2N/c1-15(8-9-2-3-9)12-5-4-11(14)6-10(12)7-13/h4-6,9H,2-3,7-8H2,1H3. The van der Waals surface area contributed by atoms with Crippen LogP contribution < -0.4 is 4.90 Å². The third kappa shape index (κ3) is 2.97. The Bertz CT molecular complexity index is 347. The quantitative estimate of drug-likeness (QED) is 0.747. The van der Waals surface area contributed by atoms with Crippen LogP contribution >= 0.6 is 31.9 Å². The van der Waals surface area contributed by atoms with E-state index in [2.05, 4.69) is 62.0 Å². The van der Waals surface area contributed by atoms with Crippen molar-refractivity contribution in [3.05, 3.63) is 28.2 Å². The number of nitrogens with zero attached hydrogens (tertiary/aromatic N) is 1. The maximum Gasteiger partial charge on any atom is 0.0405 e. The summed E-state index contributed by atoms with van der Waals surface area (Å²) < 4.78 is 1.15. The smallest absolute Gasteiger partial charge is 0.0405 e. The van der Waals surface area contributed by atoms with Gasteiger partial charge in [-0.15, -0.1) is 0 Å². The fourth-order valence-electron chi connectivity index (χ4n) is 1.82. The summed E-state index contributed by atoms with van der Waals surface area (Å²) in [5, 5.41) is 0.913. The van der Waals surface area contributed by atoms with Crippen molar-refractivity contribution in [3.63, 3.8) is 0 Å². The van der Waals surface area contributed by atoms with Gasteiger partial charge in [0.2, 0.25) is 0 Å². The van der Waals surface area contributed by atoms with Crippen molar-refractivity contribution in [2.75, 3.05) is 18.5 Å². The van der Waals surface area contributed by atoms with E-state index in [1.54, 1.807) is 0 Å². The molecule has 0 atom stereocenters. The first kappa shape index (κ1) is 11.5. The monoisotopic (exact) mass is 331 g/mol. The fourth-order valence-corrected chi connectivity index (χ4v) is 2.68. The van der Waals surface area contributed by atoms with Crippen molar-refractivity contribution in [1.29, 1.82) is 0 Å². The van der Waals surface area contributed by atoms with Crippen LogP contribution in [0.5, 0.6) is 0 Å². The largest absolute Gasteiger partial charge is 0.374 e. The summed E-state index contributed by atoms with van der Waals surface area (Å²) in [6, 6.07) is 6.50. The van der Waals surface area contributed by atoms with Gasteiger partial charge in [0.25, 0.3) is 0 Å². The molecule has 0 radical (unpaired) electrons. The van der Waals surface area contributed by atoms with Crippen molar-refractivity contribution in [2.24, 2.45) is 5.92 Å². The molecule has 0 N–H and O–H groups in total. The Morgan fingerprint density at radius 3 is 2.73 bits per heavy atom. The van der Waals surface area contributed by atoms with E-state index in [0.717, 1.165) is 15.7 Å². The van der Waals surface area contributed by atoms with Crippen LogP contribution in [0.3, 0.4) is 0 Å². The van der Waals surface area contributed by atoms with Gasteiger partial charge in [0.1, 0.15) is 0 Å². The molecule has 1 aliphatic rings. The van der Waals surface area contributed by atoms with E-state index in [1.165, 1.54) is 30.6 Å². The molecule has 1 nitrogen and oxygen atoms in total. The molecule has 3 heteroatoms. The van der Waals surface area contributed by atoms with Gasteiger partial charge in [-0.1, -0.05) is 31.9 Å². The minimum atomic E-state index is 0.913. The Balaban J connectivity index is 2.17. The lowest BCUT2D eigenvalue weighted by Gasteiger charge is -2.22. The average Bonchev–Trinajstić information content (AvgIpc) is 3.01. The van der Waals surface area contributed by atoms with Gasteiger partial charge in [0.15, 0.2) is 0 Å². The zero-order valence-corrected chi connectivity index (χ0v) is 12.0. The SMILES string of the molecule is CN(CC1CC1)c1ccc(Br)cc1CBr. The maximum absolute atomic E-state index is 3.55. The molecule has 0 aromatic heterocycles. The van der Waals surface area contributed by atoms with Gasteiger partial charge in [-0.2, -0.15) is 0 Å². The van der Waals surface area contributed by atoms with E-state index in [9.17, 15) is 0 Å². The second-order valence-corrected chi connectivity index (χ2v) is 5.71. The molecule has 82 valence electrons. The minimum Gasteiger partial charge on any atom is -0.374 e. The zero-order chi connectivity index (χ0) is 10.8. The summed E-state index contributed by atoms with van der Waals surface area (Å²) in [6.45, 7) is 1.20. The van der Waals surface area contributed by atoms with Crippen molar-refractivity contribution in [1.82, 2.24) is 0 Å². The van der Waals surface area contributed by atoms with Gasteiger partial charge < -0.3 is 4.90 Å². The molecule has 0 bridgehead atoms. The van der Waals surface area contributed by atoms with Gasteiger partial charge in [-0.25, -0.2) is 0 Å². The van der Waals surface area contributed by atoms with Crippen LogP contribution in [0.2, 0.25) is 0 Å². The molecule has 0 saturated heterocycles. The highest BCUT2D eigenvalue weighted by molar-refractivity contribution is 9.10. The summed E-state index contributed by atoms with van der Waals surface area (Å²) in [5.74, 6) is 0.932. The van der Waals surface area contributed by atoms with Crippen LogP contribution in [0.4, 0.5) is 5.69 Å². The van der Waals surface area contributed by atoms with Crippen LogP contribution in [-0.4, -0.2) is 13.6 Å². The minimum absolute atomic E-state index is 0.913. The molecule has 0 unspecified atom stereocenters. The first-order chi connectivity index (χ1) is 7.20. The lowest BCUT2D eigenvalue weighted by atomic mass is 10.2. The predicted octanol–water partition coefficient (Wildman–Crippen LogP) is 4.19. The molecule has 0 aliphatic heterocycles. The number of hydrogen-bond donors (Lipinski definition) is 0. The normalized spacial score (nSPS) is 15.4. The van der Waals surface area contributed by atoms with Crippen molar-refractivity contribution in [2.45, 2.75) is 18.2 Å². The van der Waals surface area contributed by atoms with E-state index < -0.39 is 0 Å². The summed E-state index contributed by atoms with van der Waals surface area (Å²) in [5.41, 5.74) is 2.70. The summed E-state index contributed by atoms with van der Waals surface area (Å²) in [4.78, 5) is 2.38. The predicted molar refractivity (Wildman–Crippen MR) is 72.8 cm³/mol. The third-order valence-corrected chi connectivity index (χ3v) is 3.92. The maximum atomic E-state index is 3.55. The second-order valence-electron chi connectivity index (χ2n) is 4.23. The van der Waals surface area contributed by atoms with Crippen LogP contribution in [-0.2, 0) is 5.33 Å². The summed E-state index contributed by atoms with van der Waals surface area (Å²) in [7, 11) is 2.19. The number of benzene rings is 1. The topological polar surface area (TPSA) is 3.24 Å². The molecule has 0 spiro atoms. The Morgan fingerprint density at radius 1 is 1.40 bits per heavy atom.